The van der Waals surface area contributed by atoms with Crippen LogP contribution in [0.15, 0.2) is 18.2 Å². The monoisotopic (exact) mass is 294 g/mol. The number of methoxy groups -OCH3 is 1. The van der Waals surface area contributed by atoms with Gasteiger partial charge in [0, 0.05) is 7.11 Å². The van der Waals surface area contributed by atoms with E-state index in [0.29, 0.717) is 11.6 Å². The first-order valence-corrected chi connectivity index (χ1v) is 6.08. The van der Waals surface area contributed by atoms with Crippen LogP contribution in [0.1, 0.15) is 31.0 Å². The van der Waals surface area contributed by atoms with Crippen molar-refractivity contribution in [2.75, 3.05) is 7.11 Å². The zero-order chi connectivity index (χ0) is 15.5. The van der Waals surface area contributed by atoms with Crippen LogP contribution in [0.25, 0.3) is 0 Å². The molecule has 1 rings (SSSR count). The Labute approximate surface area is 115 Å². The van der Waals surface area contributed by atoms with E-state index < -0.39 is 29.7 Å². The molecule has 0 spiro atoms. The van der Waals surface area contributed by atoms with Crippen molar-refractivity contribution in [2.45, 2.75) is 32.2 Å². The molecule has 0 fully saturated rings. The number of benzene rings is 1. The fraction of sp³-hybridized carbons (Fsp3) is 0.538. The van der Waals surface area contributed by atoms with Gasteiger partial charge in [-0.2, -0.15) is 13.2 Å². The Morgan fingerprint density at radius 1 is 1.25 bits per heavy atom. The Morgan fingerprint density at radius 3 is 2.20 bits per heavy atom. The molecule has 1 aromatic rings. The van der Waals surface area contributed by atoms with Crippen molar-refractivity contribution in [3.8, 4) is 0 Å². The van der Waals surface area contributed by atoms with E-state index in [0.717, 1.165) is 6.07 Å². The van der Waals surface area contributed by atoms with Crippen molar-refractivity contribution in [3.05, 3.63) is 35.1 Å². The molecule has 3 N–H and O–H groups in total. The van der Waals surface area contributed by atoms with Crippen LogP contribution in [0.3, 0.4) is 0 Å². The Hall–Kier alpha value is -1.18. The molecule has 114 valence electrons. The van der Waals surface area contributed by atoms with Crippen LogP contribution in [0.4, 0.5) is 17.6 Å². The van der Waals surface area contributed by atoms with E-state index in [4.69, 9.17) is 10.6 Å². The largest absolute Gasteiger partial charge is 0.419 e. The lowest BCUT2D eigenvalue weighted by Gasteiger charge is -2.29. The van der Waals surface area contributed by atoms with E-state index in [-0.39, 0.29) is 5.92 Å². The summed E-state index contributed by atoms with van der Waals surface area (Å²) in [7, 11) is 1.47. The normalized spacial score (nSPS) is 15.4. The molecule has 0 amide bonds. The molecule has 2 unspecified atom stereocenters. The third-order valence-electron chi connectivity index (χ3n) is 3.09. The maximum atomic E-state index is 13.6. The van der Waals surface area contributed by atoms with Crippen LogP contribution in [-0.4, -0.2) is 13.2 Å². The van der Waals surface area contributed by atoms with Gasteiger partial charge in [-0.25, -0.2) is 4.39 Å². The Bertz CT molecular complexity index is 448. The van der Waals surface area contributed by atoms with Gasteiger partial charge in [0.1, 0.15) is 5.82 Å². The van der Waals surface area contributed by atoms with Gasteiger partial charge < -0.3 is 4.74 Å². The number of ether oxygens (including phenoxy) is 1. The third-order valence-corrected chi connectivity index (χ3v) is 3.09. The molecule has 0 radical (unpaired) electrons. The van der Waals surface area contributed by atoms with Crippen LogP contribution in [0.2, 0.25) is 0 Å². The number of alkyl halides is 3. The van der Waals surface area contributed by atoms with Gasteiger partial charge in [0.05, 0.1) is 17.7 Å². The van der Waals surface area contributed by atoms with E-state index in [2.05, 4.69) is 5.43 Å². The number of hydrogen-bond donors (Lipinski definition) is 2. The minimum atomic E-state index is -4.72. The summed E-state index contributed by atoms with van der Waals surface area (Å²) >= 11 is 0. The minimum Gasteiger partial charge on any atom is -0.379 e. The molecule has 1 aromatic carbocycles. The van der Waals surface area contributed by atoms with E-state index >= 15 is 0 Å². The van der Waals surface area contributed by atoms with Gasteiger partial charge >= 0.3 is 6.18 Å². The second kappa shape index (κ2) is 6.51. The van der Waals surface area contributed by atoms with Crippen molar-refractivity contribution in [1.29, 1.82) is 0 Å². The van der Waals surface area contributed by atoms with Gasteiger partial charge in [-0.1, -0.05) is 19.9 Å². The highest BCUT2D eigenvalue weighted by Gasteiger charge is 2.35. The van der Waals surface area contributed by atoms with Crippen molar-refractivity contribution in [2.24, 2.45) is 11.8 Å². The summed E-state index contributed by atoms with van der Waals surface area (Å²) < 4.78 is 56.4. The van der Waals surface area contributed by atoms with Crippen molar-refractivity contribution < 1.29 is 22.3 Å². The number of hydrogen-bond acceptors (Lipinski definition) is 3. The molecular formula is C13H18F4N2O. The predicted octanol–water partition coefficient (Wildman–Crippen LogP) is 3.02. The minimum absolute atomic E-state index is 0.0476. The highest BCUT2D eigenvalue weighted by atomic mass is 19.4. The molecule has 0 saturated carbocycles. The van der Waals surface area contributed by atoms with Gasteiger partial charge in [0.2, 0.25) is 0 Å². The number of nitrogens with one attached hydrogen (secondary N) is 1. The molecule has 7 heteroatoms. The van der Waals surface area contributed by atoms with Crippen molar-refractivity contribution >= 4 is 0 Å². The zero-order valence-corrected chi connectivity index (χ0v) is 11.5. The topological polar surface area (TPSA) is 47.3 Å². The summed E-state index contributed by atoms with van der Waals surface area (Å²) in [6.07, 6.45) is -5.11. The summed E-state index contributed by atoms with van der Waals surface area (Å²) in [6.45, 7) is 3.75. The smallest absolute Gasteiger partial charge is 0.379 e. The lowest BCUT2D eigenvalue weighted by Crippen LogP contribution is -2.40. The lowest BCUT2D eigenvalue weighted by atomic mass is 9.93. The van der Waals surface area contributed by atoms with Crippen LogP contribution in [-0.2, 0) is 10.9 Å². The molecule has 0 aliphatic heterocycles. The van der Waals surface area contributed by atoms with E-state index in [1.165, 1.54) is 13.2 Å². The predicted molar refractivity (Wildman–Crippen MR) is 67.1 cm³/mol. The molecule has 0 aliphatic carbocycles. The molecule has 0 bridgehead atoms. The fourth-order valence-corrected chi connectivity index (χ4v) is 2.13. The number of nitrogens with two attached hydrogens (primary N) is 1. The first-order chi connectivity index (χ1) is 9.22. The maximum absolute atomic E-state index is 13.6. The Balaban J connectivity index is 3.15. The second-order valence-corrected chi connectivity index (χ2v) is 4.83. The zero-order valence-electron chi connectivity index (χ0n) is 11.5. The highest BCUT2D eigenvalue weighted by molar-refractivity contribution is 5.29. The van der Waals surface area contributed by atoms with Gasteiger partial charge in [-0.3, -0.25) is 11.3 Å². The van der Waals surface area contributed by atoms with Crippen LogP contribution in [0.5, 0.6) is 0 Å². The number of rotatable bonds is 5. The average molecular weight is 294 g/mol. The quantitative estimate of drug-likeness (QED) is 0.498. The molecule has 0 saturated heterocycles. The van der Waals surface area contributed by atoms with E-state index in [1.54, 1.807) is 0 Å². The van der Waals surface area contributed by atoms with Gasteiger partial charge in [-0.15, -0.1) is 0 Å². The lowest BCUT2D eigenvalue weighted by molar-refractivity contribution is -0.140. The molecule has 0 heterocycles. The van der Waals surface area contributed by atoms with E-state index in [1.807, 2.05) is 13.8 Å². The molecule has 0 aliphatic rings. The van der Waals surface area contributed by atoms with Gasteiger partial charge in [-0.05, 0) is 23.6 Å². The maximum Gasteiger partial charge on any atom is 0.419 e. The number of halogens is 4. The van der Waals surface area contributed by atoms with Crippen LogP contribution in [0, 0.1) is 11.7 Å². The summed E-state index contributed by atoms with van der Waals surface area (Å²) in [5.74, 6) is 4.14. The van der Waals surface area contributed by atoms with Crippen LogP contribution >= 0.6 is 0 Å². The third kappa shape index (κ3) is 3.68. The number of hydrazine groups is 1. The summed E-state index contributed by atoms with van der Waals surface area (Å²) in [5.41, 5.74) is 1.47. The first kappa shape index (κ1) is 16.9. The Kier molecular flexibility index (Phi) is 5.50. The summed E-state index contributed by atoms with van der Waals surface area (Å²) in [4.78, 5) is 0. The Morgan fingerprint density at radius 2 is 1.85 bits per heavy atom. The van der Waals surface area contributed by atoms with Crippen LogP contribution < -0.4 is 11.3 Å². The molecular weight excluding hydrogens is 276 g/mol. The molecule has 0 aromatic heterocycles. The molecule has 2 atom stereocenters. The fourth-order valence-electron chi connectivity index (χ4n) is 2.13. The summed E-state index contributed by atoms with van der Waals surface area (Å²) in [6, 6.07) is 2.14. The van der Waals surface area contributed by atoms with Crippen molar-refractivity contribution in [3.63, 3.8) is 0 Å². The van der Waals surface area contributed by atoms with Crippen molar-refractivity contribution in [1.82, 2.24) is 5.43 Å². The molecule has 3 nitrogen and oxygen atoms in total. The first-order valence-electron chi connectivity index (χ1n) is 6.08. The second-order valence-electron chi connectivity index (χ2n) is 4.83. The van der Waals surface area contributed by atoms with Gasteiger partial charge in [0.25, 0.3) is 0 Å². The van der Waals surface area contributed by atoms with E-state index in [9.17, 15) is 17.6 Å². The standard InChI is InChI=1S/C13H18F4N2O/c1-7(2)12(20-3)11(19-18)8-4-5-9(10(14)6-8)13(15,16)17/h4-7,11-12,19H,18H2,1-3H3. The average Bonchev–Trinajstić information content (AvgIpc) is 2.33. The van der Waals surface area contributed by atoms with Gasteiger partial charge in [0.15, 0.2) is 0 Å². The SMILES string of the molecule is COC(C(C)C)C(NN)c1ccc(C(F)(F)F)c(F)c1. The summed E-state index contributed by atoms with van der Waals surface area (Å²) in [5, 5.41) is 0. The highest BCUT2D eigenvalue weighted by Crippen LogP contribution is 2.33. The molecule has 20 heavy (non-hydrogen) atoms.